The fraction of sp³-hybridized carbons (Fsp3) is 0.0690. The number of amidine groups is 1. The molecule has 1 aromatic heterocycles. The molecular formula is C29H24ClN3O. The second kappa shape index (κ2) is 11.2. The Morgan fingerprint density at radius 3 is 2.09 bits per heavy atom. The van der Waals surface area contributed by atoms with E-state index in [1.165, 1.54) is 11.1 Å². The largest absolute Gasteiger partial charge is 0.456 e. The third-order valence-corrected chi connectivity index (χ3v) is 5.51. The molecule has 5 rings (SSSR count). The van der Waals surface area contributed by atoms with E-state index in [9.17, 15) is 0 Å². The molecule has 0 aliphatic carbocycles. The molecule has 0 aliphatic rings. The summed E-state index contributed by atoms with van der Waals surface area (Å²) >= 11 is 4.96. The Morgan fingerprint density at radius 2 is 1.38 bits per heavy atom. The van der Waals surface area contributed by atoms with Crippen LogP contribution in [0, 0.1) is 0 Å². The second-order valence-corrected chi connectivity index (χ2v) is 7.75. The van der Waals surface area contributed by atoms with Gasteiger partial charge in [0, 0.05) is 16.3 Å². The van der Waals surface area contributed by atoms with Gasteiger partial charge in [-0.15, -0.1) is 11.6 Å². The number of benzene rings is 4. The highest BCUT2D eigenvalue weighted by molar-refractivity contribution is 6.17. The van der Waals surface area contributed by atoms with Gasteiger partial charge in [0.25, 0.3) is 0 Å². The summed E-state index contributed by atoms with van der Waals surface area (Å²) in [5.74, 6) is 0.615. The number of furan rings is 1. The zero-order chi connectivity index (χ0) is 23.8. The lowest BCUT2D eigenvalue weighted by Gasteiger charge is -2.04. The fourth-order valence-corrected chi connectivity index (χ4v) is 3.70. The van der Waals surface area contributed by atoms with E-state index in [1.54, 1.807) is 0 Å². The summed E-state index contributed by atoms with van der Waals surface area (Å²) in [6.07, 6.45) is 0. The van der Waals surface area contributed by atoms with Gasteiger partial charge < -0.3 is 4.42 Å². The number of alkyl halides is 1. The first-order chi connectivity index (χ1) is 16.7. The summed E-state index contributed by atoms with van der Waals surface area (Å²) in [4.78, 5) is 12.1. The van der Waals surface area contributed by atoms with Gasteiger partial charge in [0.15, 0.2) is 5.84 Å². The first kappa shape index (κ1) is 23.1. The quantitative estimate of drug-likeness (QED) is 0.113. The summed E-state index contributed by atoms with van der Waals surface area (Å²) in [5.41, 5.74) is 6.14. The molecule has 0 unspecified atom stereocenters. The monoisotopic (exact) mass is 465 g/mol. The van der Waals surface area contributed by atoms with Crippen LogP contribution in [-0.2, 0) is 6.54 Å². The van der Waals surface area contributed by atoms with Gasteiger partial charge in [-0.25, -0.2) is 4.99 Å². The molecule has 0 spiro atoms. The lowest BCUT2D eigenvalue weighted by atomic mass is 10.0. The summed E-state index contributed by atoms with van der Waals surface area (Å²) in [5, 5.41) is 2.21. The van der Waals surface area contributed by atoms with Gasteiger partial charge in [-0.1, -0.05) is 78.9 Å². The zero-order valence-corrected chi connectivity index (χ0v) is 19.4. The van der Waals surface area contributed by atoms with Crippen molar-refractivity contribution in [3.8, 4) is 11.1 Å². The Bertz CT molecular complexity index is 1440. The zero-order valence-electron chi connectivity index (χ0n) is 18.7. The van der Waals surface area contributed by atoms with Gasteiger partial charge in [0.1, 0.15) is 17.2 Å². The molecule has 0 bridgehead atoms. The van der Waals surface area contributed by atoms with E-state index in [2.05, 4.69) is 84.1 Å². The van der Waals surface area contributed by atoms with E-state index in [1.807, 2.05) is 36.4 Å². The minimum Gasteiger partial charge on any atom is -0.456 e. The van der Waals surface area contributed by atoms with Gasteiger partial charge in [-0.05, 0) is 48.3 Å². The van der Waals surface area contributed by atoms with Crippen molar-refractivity contribution in [1.29, 1.82) is 0 Å². The Kier molecular flexibility index (Phi) is 7.63. The summed E-state index contributed by atoms with van der Waals surface area (Å²) in [7, 11) is 0. The lowest BCUT2D eigenvalue weighted by Crippen LogP contribution is -1.97. The molecule has 34 heavy (non-hydrogen) atoms. The van der Waals surface area contributed by atoms with Crippen LogP contribution in [0.5, 0.6) is 0 Å². The molecule has 0 saturated carbocycles. The van der Waals surface area contributed by atoms with Crippen molar-refractivity contribution < 1.29 is 4.42 Å². The minimum atomic E-state index is 0.306. The third-order valence-electron chi connectivity index (χ3n) is 5.34. The van der Waals surface area contributed by atoms with Crippen LogP contribution in [-0.4, -0.2) is 25.3 Å². The number of hydrogen-bond donors (Lipinski definition) is 0. The molecule has 0 N–H and O–H groups in total. The highest BCUT2D eigenvalue weighted by atomic mass is 35.5. The normalized spacial score (nSPS) is 11.1. The maximum Gasteiger partial charge on any atom is 0.154 e. The molecule has 4 aromatic carbocycles. The minimum absolute atomic E-state index is 0.306. The molecule has 0 fully saturated rings. The van der Waals surface area contributed by atoms with E-state index in [4.69, 9.17) is 21.0 Å². The van der Waals surface area contributed by atoms with Crippen LogP contribution in [0.15, 0.2) is 116 Å². The van der Waals surface area contributed by atoms with Crippen LogP contribution in [0.2, 0.25) is 0 Å². The highest BCUT2D eigenvalue weighted by Crippen LogP contribution is 2.29. The molecular weight excluding hydrogens is 442 g/mol. The Hall–Kier alpha value is -4.02. The average Bonchev–Trinajstić information content (AvgIpc) is 3.28. The number of aliphatic imine (C=N–C) groups is 3. The van der Waals surface area contributed by atoms with Crippen LogP contribution in [0.25, 0.3) is 33.1 Å². The van der Waals surface area contributed by atoms with E-state index >= 15 is 0 Å². The number of hydrogen-bond acceptors (Lipinski definition) is 3. The topological polar surface area (TPSA) is 50.2 Å². The van der Waals surface area contributed by atoms with Crippen molar-refractivity contribution in [2.75, 3.05) is 6.00 Å². The molecule has 0 radical (unpaired) electrons. The average molecular weight is 466 g/mol. The van der Waals surface area contributed by atoms with Crippen molar-refractivity contribution >= 4 is 52.8 Å². The molecule has 5 aromatic rings. The Morgan fingerprint density at radius 1 is 0.735 bits per heavy atom. The van der Waals surface area contributed by atoms with Crippen molar-refractivity contribution in [2.24, 2.45) is 15.0 Å². The lowest BCUT2D eigenvalue weighted by molar-refractivity contribution is 0.669. The van der Waals surface area contributed by atoms with Gasteiger partial charge in [0.05, 0.1) is 6.54 Å². The van der Waals surface area contributed by atoms with Gasteiger partial charge in [-0.2, -0.15) is 0 Å². The molecule has 168 valence electrons. The Balaban J connectivity index is 0.000000636. The van der Waals surface area contributed by atoms with E-state index in [0.717, 1.165) is 33.1 Å². The van der Waals surface area contributed by atoms with Crippen LogP contribution >= 0.6 is 11.6 Å². The molecule has 0 saturated heterocycles. The highest BCUT2D eigenvalue weighted by Gasteiger charge is 2.09. The van der Waals surface area contributed by atoms with Crippen molar-refractivity contribution in [3.63, 3.8) is 0 Å². The van der Waals surface area contributed by atoms with E-state index < -0.39 is 0 Å². The summed E-state index contributed by atoms with van der Waals surface area (Å²) in [6, 6.07) is 33.2. The summed E-state index contributed by atoms with van der Waals surface area (Å²) < 4.78 is 5.99. The first-order valence-corrected chi connectivity index (χ1v) is 11.3. The molecule has 1 heterocycles. The predicted octanol–water partition coefficient (Wildman–Crippen LogP) is 7.78. The van der Waals surface area contributed by atoms with E-state index in [-0.39, 0.29) is 0 Å². The van der Waals surface area contributed by atoms with Gasteiger partial charge >= 0.3 is 0 Å². The fourth-order valence-electron chi connectivity index (χ4n) is 3.70. The van der Waals surface area contributed by atoms with Gasteiger partial charge in [-0.3, -0.25) is 9.98 Å². The standard InChI is InChI=1S/C27H20N2O.C2H4ClN/c1-28-27(22-15-16-24-23-9-5-6-10-25(23)30-26(24)17-22)29-18-19-11-13-21(14-12-19)20-7-3-2-4-8-20;1-4-2-3/h2-17H,1,18H2;1-2H2. The van der Waals surface area contributed by atoms with Crippen molar-refractivity contribution in [2.45, 2.75) is 6.54 Å². The SMILES string of the molecule is C=NC(=NCc1ccc(-c2ccccc2)cc1)c1ccc2c(c1)oc1ccccc12.C=NCCl. The predicted molar refractivity (Wildman–Crippen MR) is 146 cm³/mol. The van der Waals surface area contributed by atoms with Crippen LogP contribution in [0.4, 0.5) is 0 Å². The van der Waals surface area contributed by atoms with Crippen LogP contribution < -0.4 is 0 Å². The van der Waals surface area contributed by atoms with Crippen molar-refractivity contribution in [3.05, 3.63) is 108 Å². The first-order valence-electron chi connectivity index (χ1n) is 10.8. The molecule has 0 amide bonds. The maximum atomic E-state index is 5.99. The molecule has 0 atom stereocenters. The van der Waals surface area contributed by atoms with Crippen molar-refractivity contribution in [1.82, 2.24) is 0 Å². The van der Waals surface area contributed by atoms with Gasteiger partial charge in [0.2, 0.25) is 0 Å². The Labute approximate surface area is 204 Å². The molecule has 4 nitrogen and oxygen atoms in total. The van der Waals surface area contributed by atoms with Crippen LogP contribution in [0.3, 0.4) is 0 Å². The number of halogens is 1. The summed E-state index contributed by atoms with van der Waals surface area (Å²) in [6.45, 7) is 7.36. The number of nitrogens with zero attached hydrogens (tertiary/aromatic N) is 3. The number of fused-ring (bicyclic) bond motifs is 3. The smallest absolute Gasteiger partial charge is 0.154 e. The third kappa shape index (κ3) is 5.30. The van der Waals surface area contributed by atoms with Crippen LogP contribution in [0.1, 0.15) is 11.1 Å². The number of para-hydroxylation sites is 1. The maximum absolute atomic E-state index is 5.99. The number of rotatable bonds is 5. The second-order valence-electron chi connectivity index (χ2n) is 7.51. The van der Waals surface area contributed by atoms with E-state index in [0.29, 0.717) is 18.4 Å². The molecule has 0 aliphatic heterocycles. The molecule has 5 heteroatoms.